The van der Waals surface area contributed by atoms with Crippen molar-refractivity contribution in [2.75, 3.05) is 18.2 Å². The molecule has 5 heteroatoms. The lowest BCUT2D eigenvalue weighted by Crippen LogP contribution is -2.03. The van der Waals surface area contributed by atoms with Gasteiger partial charge in [0.05, 0.1) is 11.6 Å². The minimum Gasteiger partial charge on any atom is -0.495 e. The Hall–Kier alpha value is -0.650. The molecule has 0 heterocycles. The number of para-hydroxylation sites is 1. The van der Waals surface area contributed by atoms with Gasteiger partial charge in [0.1, 0.15) is 5.75 Å². The molecule has 2 rings (SSSR count). The van der Waals surface area contributed by atoms with E-state index in [1.807, 2.05) is 17.8 Å². The first-order valence-corrected chi connectivity index (χ1v) is 9.20. The maximum atomic E-state index is 5.48. The van der Waals surface area contributed by atoms with Gasteiger partial charge in [-0.2, -0.15) is 0 Å². The van der Waals surface area contributed by atoms with E-state index in [1.165, 1.54) is 4.90 Å². The van der Waals surface area contributed by atoms with Crippen molar-refractivity contribution < 1.29 is 4.74 Å². The van der Waals surface area contributed by atoms with E-state index in [4.69, 9.17) is 4.74 Å². The molecule has 0 spiro atoms. The second-order valence-electron chi connectivity index (χ2n) is 4.36. The highest BCUT2D eigenvalue weighted by molar-refractivity contribution is 9.11. The molecule has 0 aliphatic rings. The van der Waals surface area contributed by atoms with E-state index >= 15 is 0 Å². The van der Waals surface area contributed by atoms with E-state index in [-0.39, 0.29) is 0 Å². The molecule has 0 aromatic heterocycles. The summed E-state index contributed by atoms with van der Waals surface area (Å²) in [6.07, 6.45) is 0. The summed E-state index contributed by atoms with van der Waals surface area (Å²) >= 11 is 8.90. The molecule has 1 N–H and O–H groups in total. The lowest BCUT2D eigenvalue weighted by atomic mass is 10.2. The van der Waals surface area contributed by atoms with Crippen LogP contribution in [0.15, 0.2) is 50.2 Å². The lowest BCUT2D eigenvalue weighted by molar-refractivity contribution is 0.407. The minimum atomic E-state index is 0.711. The normalized spacial score (nSPS) is 10.5. The topological polar surface area (TPSA) is 21.3 Å². The summed E-state index contributed by atoms with van der Waals surface area (Å²) < 4.78 is 7.47. The van der Waals surface area contributed by atoms with E-state index in [0.29, 0.717) is 6.54 Å². The molecular weight excluding hydrogens is 414 g/mol. The van der Waals surface area contributed by atoms with Crippen molar-refractivity contribution in [3.8, 4) is 5.75 Å². The fraction of sp³-hybridized carbons (Fsp3) is 0.250. The van der Waals surface area contributed by atoms with Crippen molar-refractivity contribution in [2.24, 2.45) is 0 Å². The molecule has 2 aromatic carbocycles. The fourth-order valence-corrected chi connectivity index (χ4v) is 4.32. The molecule has 21 heavy (non-hydrogen) atoms. The Morgan fingerprint density at radius 2 is 1.95 bits per heavy atom. The van der Waals surface area contributed by atoms with Crippen LogP contribution in [0.3, 0.4) is 0 Å². The van der Waals surface area contributed by atoms with Gasteiger partial charge in [-0.3, -0.25) is 0 Å². The molecule has 0 saturated carbocycles. The standard InChI is InChI=1S/C16H17Br2NOS/c1-3-21-15-7-5-4-6-14(15)19-10-11-8-12(17)9-13(18)16(11)20-2/h4-9,19H,3,10H2,1-2H3. The lowest BCUT2D eigenvalue weighted by Gasteiger charge is -2.15. The molecule has 0 unspecified atom stereocenters. The Bertz CT molecular complexity index is 619. The number of methoxy groups -OCH3 is 1. The molecule has 2 aromatic rings. The number of nitrogens with one attached hydrogen (secondary N) is 1. The van der Waals surface area contributed by atoms with Gasteiger partial charge in [0.2, 0.25) is 0 Å². The third-order valence-corrected chi connectivity index (χ3v) is 4.95. The Labute approximate surface area is 146 Å². The van der Waals surface area contributed by atoms with Crippen LogP contribution in [-0.2, 0) is 6.54 Å². The van der Waals surface area contributed by atoms with Gasteiger partial charge in [0.25, 0.3) is 0 Å². The van der Waals surface area contributed by atoms with Gasteiger partial charge in [0, 0.05) is 27.2 Å². The highest BCUT2D eigenvalue weighted by atomic mass is 79.9. The molecule has 0 atom stereocenters. The summed E-state index contributed by atoms with van der Waals surface area (Å²) in [6.45, 7) is 2.87. The van der Waals surface area contributed by atoms with Crippen LogP contribution < -0.4 is 10.1 Å². The summed E-state index contributed by atoms with van der Waals surface area (Å²) in [5.41, 5.74) is 2.26. The third-order valence-electron chi connectivity index (χ3n) is 2.95. The summed E-state index contributed by atoms with van der Waals surface area (Å²) in [4.78, 5) is 1.27. The van der Waals surface area contributed by atoms with Crippen molar-refractivity contribution in [3.05, 3.63) is 50.9 Å². The van der Waals surface area contributed by atoms with Gasteiger partial charge in [-0.25, -0.2) is 0 Å². The predicted molar refractivity (Wildman–Crippen MR) is 98.6 cm³/mol. The van der Waals surface area contributed by atoms with Crippen LogP contribution in [-0.4, -0.2) is 12.9 Å². The zero-order valence-electron chi connectivity index (χ0n) is 12.0. The van der Waals surface area contributed by atoms with E-state index in [9.17, 15) is 0 Å². The Morgan fingerprint density at radius 3 is 2.67 bits per heavy atom. The van der Waals surface area contributed by atoms with E-state index in [1.54, 1.807) is 7.11 Å². The maximum Gasteiger partial charge on any atom is 0.138 e. The van der Waals surface area contributed by atoms with Crippen molar-refractivity contribution in [1.29, 1.82) is 0 Å². The summed E-state index contributed by atoms with van der Waals surface area (Å²) in [6, 6.07) is 12.4. The quantitative estimate of drug-likeness (QED) is 0.572. The number of halogens is 2. The van der Waals surface area contributed by atoms with Crippen LogP contribution in [0.2, 0.25) is 0 Å². The van der Waals surface area contributed by atoms with Crippen LogP contribution in [0.1, 0.15) is 12.5 Å². The Balaban J connectivity index is 2.20. The summed E-state index contributed by atoms with van der Waals surface area (Å²) in [7, 11) is 1.69. The molecule has 0 fully saturated rings. The molecule has 0 aliphatic heterocycles. The number of thioether (sulfide) groups is 1. The zero-order chi connectivity index (χ0) is 15.2. The number of ether oxygens (including phenoxy) is 1. The number of hydrogen-bond donors (Lipinski definition) is 1. The van der Waals surface area contributed by atoms with E-state index in [0.717, 1.165) is 31.7 Å². The highest BCUT2D eigenvalue weighted by Crippen LogP contribution is 2.34. The molecule has 2 nitrogen and oxygen atoms in total. The van der Waals surface area contributed by atoms with Crippen LogP contribution >= 0.6 is 43.6 Å². The maximum absolute atomic E-state index is 5.48. The monoisotopic (exact) mass is 429 g/mol. The Kier molecular flexibility index (Phi) is 6.45. The van der Waals surface area contributed by atoms with Crippen LogP contribution in [0, 0.1) is 0 Å². The average molecular weight is 431 g/mol. The van der Waals surface area contributed by atoms with Gasteiger partial charge >= 0.3 is 0 Å². The second kappa shape index (κ2) is 8.11. The Morgan fingerprint density at radius 1 is 1.19 bits per heavy atom. The summed E-state index contributed by atoms with van der Waals surface area (Å²) in [5, 5.41) is 3.50. The van der Waals surface area contributed by atoms with Gasteiger partial charge in [-0.15, -0.1) is 11.8 Å². The molecule has 0 bridgehead atoms. The van der Waals surface area contributed by atoms with Gasteiger partial charge < -0.3 is 10.1 Å². The highest BCUT2D eigenvalue weighted by Gasteiger charge is 2.10. The van der Waals surface area contributed by atoms with Gasteiger partial charge in [-0.05, 0) is 45.9 Å². The number of hydrogen-bond acceptors (Lipinski definition) is 3. The molecule has 0 saturated heterocycles. The second-order valence-corrected chi connectivity index (χ2v) is 7.44. The first-order chi connectivity index (χ1) is 10.2. The first kappa shape index (κ1) is 16.7. The van der Waals surface area contributed by atoms with Crippen molar-refractivity contribution in [2.45, 2.75) is 18.4 Å². The van der Waals surface area contributed by atoms with Crippen molar-refractivity contribution in [1.82, 2.24) is 0 Å². The van der Waals surface area contributed by atoms with Gasteiger partial charge in [0.15, 0.2) is 0 Å². The minimum absolute atomic E-state index is 0.711. The molecular formula is C16H17Br2NOS. The number of anilines is 1. The van der Waals surface area contributed by atoms with Crippen LogP contribution in [0.4, 0.5) is 5.69 Å². The average Bonchev–Trinajstić information content (AvgIpc) is 2.46. The van der Waals surface area contributed by atoms with Crippen molar-refractivity contribution >= 4 is 49.3 Å². The van der Waals surface area contributed by atoms with E-state index in [2.05, 4.69) is 74.4 Å². The summed E-state index contributed by atoms with van der Waals surface area (Å²) in [5.74, 6) is 1.93. The predicted octanol–water partition coefficient (Wildman–Crippen LogP) is 5.94. The largest absolute Gasteiger partial charge is 0.495 e. The van der Waals surface area contributed by atoms with Crippen LogP contribution in [0.25, 0.3) is 0 Å². The van der Waals surface area contributed by atoms with Crippen LogP contribution in [0.5, 0.6) is 5.75 Å². The number of benzene rings is 2. The smallest absolute Gasteiger partial charge is 0.138 e. The number of rotatable bonds is 6. The molecule has 0 radical (unpaired) electrons. The van der Waals surface area contributed by atoms with E-state index < -0.39 is 0 Å². The third kappa shape index (κ3) is 4.41. The fourth-order valence-electron chi connectivity index (χ4n) is 2.06. The molecule has 0 amide bonds. The zero-order valence-corrected chi connectivity index (χ0v) is 15.9. The molecule has 0 aliphatic carbocycles. The van der Waals surface area contributed by atoms with Crippen molar-refractivity contribution in [3.63, 3.8) is 0 Å². The van der Waals surface area contributed by atoms with Gasteiger partial charge in [-0.1, -0.05) is 35.0 Å². The first-order valence-electron chi connectivity index (χ1n) is 6.63. The SMILES string of the molecule is CCSc1ccccc1NCc1cc(Br)cc(Br)c1OC. The molecule has 112 valence electrons.